The third-order valence-corrected chi connectivity index (χ3v) is 3.64. The first-order valence-corrected chi connectivity index (χ1v) is 6.62. The number of rotatable bonds is 2. The van der Waals surface area contributed by atoms with E-state index in [0.717, 1.165) is 24.0 Å². The van der Waals surface area contributed by atoms with Gasteiger partial charge in [0.2, 0.25) is 0 Å². The van der Waals surface area contributed by atoms with Gasteiger partial charge in [0.25, 0.3) is 0 Å². The summed E-state index contributed by atoms with van der Waals surface area (Å²) in [7, 11) is 0. The largest absolute Gasteiger partial charge is 0.478 e. The standard InChI is InChI=1S/C15H16N2O2/c18-15(19)12-8-11-4-5-13(9-14(11)16-10-12)17-6-2-1-3-7-17/h4-5,8-10H,1-3,6-7H2,(H,18,19). The average molecular weight is 256 g/mol. The van der Waals surface area contributed by atoms with Gasteiger partial charge in [0.05, 0.1) is 11.1 Å². The van der Waals surface area contributed by atoms with Gasteiger partial charge in [-0.2, -0.15) is 0 Å². The number of fused-ring (bicyclic) bond motifs is 1. The van der Waals surface area contributed by atoms with Gasteiger partial charge in [0, 0.05) is 30.4 Å². The number of aromatic nitrogens is 1. The van der Waals surface area contributed by atoms with Crippen LogP contribution >= 0.6 is 0 Å². The first kappa shape index (κ1) is 12.0. The molecule has 0 bridgehead atoms. The van der Waals surface area contributed by atoms with Crippen LogP contribution in [0.5, 0.6) is 0 Å². The highest BCUT2D eigenvalue weighted by Crippen LogP contribution is 2.24. The van der Waals surface area contributed by atoms with Crippen molar-refractivity contribution < 1.29 is 9.90 Å². The molecule has 0 amide bonds. The van der Waals surface area contributed by atoms with Gasteiger partial charge >= 0.3 is 5.97 Å². The molecule has 0 unspecified atom stereocenters. The monoisotopic (exact) mass is 256 g/mol. The molecule has 4 heteroatoms. The number of benzene rings is 1. The van der Waals surface area contributed by atoms with E-state index < -0.39 is 5.97 Å². The van der Waals surface area contributed by atoms with Gasteiger partial charge in [-0.15, -0.1) is 0 Å². The molecule has 1 saturated heterocycles. The van der Waals surface area contributed by atoms with Crippen LogP contribution in [0, 0.1) is 0 Å². The molecule has 0 radical (unpaired) electrons. The van der Waals surface area contributed by atoms with E-state index in [2.05, 4.69) is 16.0 Å². The van der Waals surface area contributed by atoms with Crippen LogP contribution in [0.2, 0.25) is 0 Å². The molecule has 4 nitrogen and oxygen atoms in total. The average Bonchev–Trinajstić information content (AvgIpc) is 2.47. The fraction of sp³-hybridized carbons (Fsp3) is 0.333. The van der Waals surface area contributed by atoms with E-state index in [9.17, 15) is 4.79 Å². The minimum atomic E-state index is -0.936. The van der Waals surface area contributed by atoms with Crippen molar-refractivity contribution >= 4 is 22.6 Å². The molecule has 1 N–H and O–H groups in total. The Morgan fingerprint density at radius 3 is 2.68 bits per heavy atom. The zero-order valence-electron chi connectivity index (χ0n) is 10.7. The molecule has 1 aromatic heterocycles. The van der Waals surface area contributed by atoms with Crippen LogP contribution in [0.3, 0.4) is 0 Å². The van der Waals surface area contributed by atoms with Crippen LogP contribution in [0.1, 0.15) is 29.6 Å². The molecule has 0 aliphatic carbocycles. The van der Waals surface area contributed by atoms with Crippen LogP contribution in [0.15, 0.2) is 30.5 Å². The van der Waals surface area contributed by atoms with E-state index in [-0.39, 0.29) is 5.56 Å². The maximum atomic E-state index is 10.9. The molecule has 98 valence electrons. The topological polar surface area (TPSA) is 53.4 Å². The molecule has 0 spiro atoms. The normalized spacial score (nSPS) is 15.7. The number of carboxylic acids is 1. The highest BCUT2D eigenvalue weighted by atomic mass is 16.4. The van der Waals surface area contributed by atoms with Crippen LogP contribution in [-0.4, -0.2) is 29.1 Å². The lowest BCUT2D eigenvalue weighted by Gasteiger charge is -2.28. The summed E-state index contributed by atoms with van der Waals surface area (Å²) in [4.78, 5) is 17.5. The maximum Gasteiger partial charge on any atom is 0.337 e. The van der Waals surface area contributed by atoms with Crippen molar-refractivity contribution in [1.82, 2.24) is 4.98 Å². The van der Waals surface area contributed by atoms with E-state index in [1.54, 1.807) is 6.07 Å². The first-order chi connectivity index (χ1) is 9.24. The Balaban J connectivity index is 1.97. The first-order valence-electron chi connectivity index (χ1n) is 6.62. The second-order valence-corrected chi connectivity index (χ2v) is 4.95. The van der Waals surface area contributed by atoms with E-state index in [4.69, 9.17) is 5.11 Å². The van der Waals surface area contributed by atoms with Crippen LogP contribution < -0.4 is 4.90 Å². The van der Waals surface area contributed by atoms with Gasteiger partial charge in [-0.05, 0) is 37.5 Å². The lowest BCUT2D eigenvalue weighted by molar-refractivity contribution is 0.0696. The van der Waals surface area contributed by atoms with Crippen molar-refractivity contribution in [3.63, 3.8) is 0 Å². The Kier molecular flexibility index (Phi) is 3.07. The van der Waals surface area contributed by atoms with E-state index >= 15 is 0 Å². The molecule has 1 aromatic carbocycles. The van der Waals surface area contributed by atoms with Gasteiger partial charge in [-0.3, -0.25) is 4.98 Å². The summed E-state index contributed by atoms with van der Waals surface area (Å²) in [6.07, 6.45) is 5.21. The summed E-state index contributed by atoms with van der Waals surface area (Å²) in [6.45, 7) is 2.19. The van der Waals surface area contributed by atoms with Crippen molar-refractivity contribution in [2.24, 2.45) is 0 Å². The summed E-state index contributed by atoms with van der Waals surface area (Å²) in [5.74, 6) is -0.936. The van der Waals surface area contributed by atoms with Crippen molar-refractivity contribution in [3.8, 4) is 0 Å². The molecule has 1 aliphatic heterocycles. The minimum Gasteiger partial charge on any atom is -0.478 e. The predicted molar refractivity (Wildman–Crippen MR) is 74.8 cm³/mol. The van der Waals surface area contributed by atoms with Gasteiger partial charge in [-0.1, -0.05) is 6.07 Å². The van der Waals surface area contributed by atoms with Crippen LogP contribution in [-0.2, 0) is 0 Å². The maximum absolute atomic E-state index is 10.9. The zero-order valence-corrected chi connectivity index (χ0v) is 10.7. The summed E-state index contributed by atoms with van der Waals surface area (Å²) in [5, 5.41) is 9.83. The number of nitrogens with zero attached hydrogens (tertiary/aromatic N) is 2. The van der Waals surface area contributed by atoms with Gasteiger partial charge in [0.15, 0.2) is 0 Å². The van der Waals surface area contributed by atoms with E-state index in [0.29, 0.717) is 0 Å². The number of pyridine rings is 1. The number of carboxylic acid groups (broad SMARTS) is 1. The molecule has 2 heterocycles. The third-order valence-electron chi connectivity index (χ3n) is 3.64. The SMILES string of the molecule is O=C(O)c1cnc2cc(N3CCCCC3)ccc2c1. The molecule has 0 saturated carbocycles. The third kappa shape index (κ3) is 2.38. The van der Waals surface area contributed by atoms with E-state index in [1.807, 2.05) is 12.1 Å². The highest BCUT2D eigenvalue weighted by Gasteiger charge is 2.12. The Hall–Kier alpha value is -2.10. The fourth-order valence-electron chi connectivity index (χ4n) is 2.58. The summed E-state index contributed by atoms with van der Waals surface area (Å²) >= 11 is 0. The van der Waals surface area contributed by atoms with Crippen LogP contribution in [0.4, 0.5) is 5.69 Å². The molecule has 2 aromatic rings. The lowest BCUT2D eigenvalue weighted by atomic mass is 10.1. The van der Waals surface area contributed by atoms with Crippen molar-refractivity contribution in [3.05, 3.63) is 36.0 Å². The van der Waals surface area contributed by atoms with E-state index in [1.165, 1.54) is 31.1 Å². The molecule has 19 heavy (non-hydrogen) atoms. The second kappa shape index (κ2) is 4.88. The number of anilines is 1. The number of carbonyl (C=O) groups is 1. The quantitative estimate of drug-likeness (QED) is 0.897. The Bertz CT molecular complexity index is 619. The fourth-order valence-corrected chi connectivity index (χ4v) is 2.58. The highest BCUT2D eigenvalue weighted by molar-refractivity contribution is 5.93. The molecule has 1 aliphatic rings. The molecule has 0 atom stereocenters. The smallest absolute Gasteiger partial charge is 0.337 e. The van der Waals surface area contributed by atoms with Crippen LogP contribution in [0.25, 0.3) is 10.9 Å². The van der Waals surface area contributed by atoms with Crippen molar-refractivity contribution in [1.29, 1.82) is 0 Å². The number of aromatic carboxylic acids is 1. The summed E-state index contributed by atoms with van der Waals surface area (Å²) in [5.41, 5.74) is 2.27. The summed E-state index contributed by atoms with van der Waals surface area (Å²) in [6, 6.07) is 7.73. The van der Waals surface area contributed by atoms with Crippen molar-refractivity contribution in [2.75, 3.05) is 18.0 Å². The van der Waals surface area contributed by atoms with Gasteiger partial charge < -0.3 is 10.0 Å². The summed E-state index contributed by atoms with van der Waals surface area (Å²) < 4.78 is 0. The Labute approximate surface area is 111 Å². The van der Waals surface area contributed by atoms with Gasteiger partial charge in [-0.25, -0.2) is 4.79 Å². The molecule has 1 fully saturated rings. The second-order valence-electron chi connectivity index (χ2n) is 4.95. The minimum absolute atomic E-state index is 0.234. The van der Waals surface area contributed by atoms with Gasteiger partial charge in [0.1, 0.15) is 0 Å². The zero-order chi connectivity index (χ0) is 13.2. The Morgan fingerprint density at radius 2 is 1.95 bits per heavy atom. The number of hydrogen-bond donors (Lipinski definition) is 1. The number of piperidine rings is 1. The number of hydrogen-bond acceptors (Lipinski definition) is 3. The molecular formula is C15H16N2O2. The Morgan fingerprint density at radius 1 is 1.16 bits per heavy atom. The lowest BCUT2D eigenvalue weighted by Crippen LogP contribution is -2.29. The van der Waals surface area contributed by atoms with Crippen molar-refractivity contribution in [2.45, 2.75) is 19.3 Å². The molecule has 3 rings (SSSR count). The molecular weight excluding hydrogens is 240 g/mol. The predicted octanol–water partition coefficient (Wildman–Crippen LogP) is 2.92.